The molecule has 6 heteroatoms. The molecule has 0 bridgehead atoms. The zero-order valence-electron chi connectivity index (χ0n) is 8.30. The van der Waals surface area contributed by atoms with E-state index in [1.807, 2.05) is 0 Å². The summed E-state index contributed by atoms with van der Waals surface area (Å²) < 4.78 is 0. The molecule has 1 aromatic rings. The zero-order chi connectivity index (χ0) is 12.1. The Morgan fingerprint density at radius 1 is 1.44 bits per heavy atom. The SMILES string of the molecule is O=C(O)CC(C[N+](=O)[O-])c1ccc(Cl)cc1. The van der Waals surface area contributed by atoms with Crippen LogP contribution in [0.3, 0.4) is 0 Å². The van der Waals surface area contributed by atoms with E-state index in [0.29, 0.717) is 10.6 Å². The molecular weight excluding hydrogens is 234 g/mol. The molecule has 0 saturated heterocycles. The lowest BCUT2D eigenvalue weighted by atomic mass is 9.96. The van der Waals surface area contributed by atoms with E-state index in [2.05, 4.69) is 0 Å². The molecule has 0 aliphatic heterocycles. The number of hydrogen-bond donors (Lipinski definition) is 1. The van der Waals surface area contributed by atoms with Crippen LogP contribution in [0.1, 0.15) is 17.9 Å². The van der Waals surface area contributed by atoms with Crippen LogP contribution in [0.2, 0.25) is 5.02 Å². The predicted octanol–water partition coefficient (Wildman–Crippen LogP) is 2.17. The molecule has 0 aliphatic carbocycles. The van der Waals surface area contributed by atoms with Gasteiger partial charge in [0, 0.05) is 9.95 Å². The minimum atomic E-state index is -1.05. The van der Waals surface area contributed by atoms with Gasteiger partial charge >= 0.3 is 5.97 Å². The molecule has 0 fully saturated rings. The van der Waals surface area contributed by atoms with Crippen molar-refractivity contribution in [1.29, 1.82) is 0 Å². The fraction of sp³-hybridized carbons (Fsp3) is 0.300. The van der Waals surface area contributed by atoms with Crippen molar-refractivity contribution >= 4 is 17.6 Å². The van der Waals surface area contributed by atoms with Crippen molar-refractivity contribution in [2.75, 3.05) is 6.54 Å². The second-order valence-electron chi connectivity index (χ2n) is 3.36. The fourth-order valence-electron chi connectivity index (χ4n) is 1.41. The molecule has 1 N–H and O–H groups in total. The minimum Gasteiger partial charge on any atom is -0.481 e. The fourth-order valence-corrected chi connectivity index (χ4v) is 1.54. The first-order valence-electron chi connectivity index (χ1n) is 4.58. The van der Waals surface area contributed by atoms with E-state index in [1.54, 1.807) is 24.3 Å². The third kappa shape index (κ3) is 3.86. The third-order valence-corrected chi connectivity index (χ3v) is 2.38. The van der Waals surface area contributed by atoms with E-state index in [9.17, 15) is 14.9 Å². The van der Waals surface area contributed by atoms with Gasteiger partial charge in [0.05, 0.1) is 12.3 Å². The Balaban J connectivity index is 2.86. The normalized spacial score (nSPS) is 12.1. The lowest BCUT2D eigenvalue weighted by Gasteiger charge is -2.10. The van der Waals surface area contributed by atoms with Gasteiger partial charge in [-0.1, -0.05) is 23.7 Å². The first kappa shape index (κ1) is 12.4. The van der Waals surface area contributed by atoms with Crippen LogP contribution < -0.4 is 0 Å². The van der Waals surface area contributed by atoms with E-state index in [1.165, 1.54) is 0 Å². The van der Waals surface area contributed by atoms with Crippen molar-refractivity contribution in [2.45, 2.75) is 12.3 Å². The molecule has 0 amide bonds. The van der Waals surface area contributed by atoms with Crippen LogP contribution >= 0.6 is 11.6 Å². The lowest BCUT2D eigenvalue weighted by Crippen LogP contribution is -2.16. The standard InChI is InChI=1S/C10H10ClNO4/c11-9-3-1-7(2-4-9)8(5-10(13)14)6-12(15)16/h1-4,8H,5-6H2,(H,13,14). The molecule has 86 valence electrons. The van der Waals surface area contributed by atoms with Gasteiger partial charge in [0.15, 0.2) is 0 Å². The Kier molecular flexibility index (Phi) is 4.25. The second kappa shape index (κ2) is 5.46. The number of carboxylic acids is 1. The Labute approximate surface area is 96.8 Å². The van der Waals surface area contributed by atoms with Gasteiger partial charge in [-0.15, -0.1) is 0 Å². The number of carboxylic acid groups (broad SMARTS) is 1. The van der Waals surface area contributed by atoms with Crippen LogP contribution in [0.25, 0.3) is 0 Å². The molecule has 0 radical (unpaired) electrons. The topological polar surface area (TPSA) is 80.4 Å². The van der Waals surface area contributed by atoms with Gasteiger partial charge in [0.25, 0.3) is 0 Å². The molecule has 1 atom stereocenters. The average Bonchev–Trinajstić information content (AvgIpc) is 2.16. The second-order valence-corrected chi connectivity index (χ2v) is 3.80. The van der Waals surface area contributed by atoms with Gasteiger partial charge in [-0.05, 0) is 17.7 Å². The van der Waals surface area contributed by atoms with Gasteiger partial charge in [0.2, 0.25) is 6.54 Å². The van der Waals surface area contributed by atoms with Crippen LogP contribution in [0.15, 0.2) is 24.3 Å². The number of nitro groups is 1. The Hall–Kier alpha value is -1.62. The van der Waals surface area contributed by atoms with Crippen molar-refractivity contribution in [2.24, 2.45) is 0 Å². The molecule has 1 unspecified atom stereocenters. The molecule has 1 rings (SSSR count). The van der Waals surface area contributed by atoms with E-state index in [4.69, 9.17) is 16.7 Å². The van der Waals surface area contributed by atoms with E-state index >= 15 is 0 Å². The van der Waals surface area contributed by atoms with E-state index in [-0.39, 0.29) is 6.42 Å². The monoisotopic (exact) mass is 243 g/mol. The maximum atomic E-state index is 10.6. The number of hydrogen-bond acceptors (Lipinski definition) is 3. The van der Waals surface area contributed by atoms with Crippen LogP contribution in [0, 0.1) is 10.1 Å². The Morgan fingerprint density at radius 2 is 2.00 bits per heavy atom. The van der Waals surface area contributed by atoms with Gasteiger partial charge in [-0.2, -0.15) is 0 Å². The van der Waals surface area contributed by atoms with Crippen LogP contribution in [0.4, 0.5) is 0 Å². The molecule has 1 aromatic carbocycles. The van der Waals surface area contributed by atoms with Crippen LogP contribution in [0.5, 0.6) is 0 Å². The summed E-state index contributed by atoms with van der Waals surface area (Å²) in [6.07, 6.45) is -0.261. The Bertz CT molecular complexity index is 374. The van der Waals surface area contributed by atoms with Gasteiger partial charge < -0.3 is 5.11 Å². The van der Waals surface area contributed by atoms with Crippen molar-refractivity contribution in [3.05, 3.63) is 45.0 Å². The zero-order valence-corrected chi connectivity index (χ0v) is 9.05. The van der Waals surface area contributed by atoms with Crippen molar-refractivity contribution in [1.82, 2.24) is 0 Å². The summed E-state index contributed by atoms with van der Waals surface area (Å²) in [5.41, 5.74) is 0.614. The molecular formula is C10H10ClNO4. The highest BCUT2D eigenvalue weighted by atomic mass is 35.5. The molecule has 0 aromatic heterocycles. The van der Waals surface area contributed by atoms with Crippen LogP contribution in [-0.4, -0.2) is 22.5 Å². The molecule has 0 heterocycles. The summed E-state index contributed by atoms with van der Waals surface area (Å²) >= 11 is 5.68. The van der Waals surface area contributed by atoms with Gasteiger partial charge in [-0.3, -0.25) is 14.9 Å². The van der Waals surface area contributed by atoms with E-state index < -0.39 is 23.4 Å². The van der Waals surface area contributed by atoms with E-state index in [0.717, 1.165) is 0 Å². The molecule has 0 aliphatic rings. The summed E-state index contributed by atoms with van der Waals surface area (Å²) in [4.78, 5) is 20.5. The largest absolute Gasteiger partial charge is 0.481 e. The Morgan fingerprint density at radius 3 is 2.44 bits per heavy atom. The maximum absolute atomic E-state index is 10.6. The highest BCUT2D eigenvalue weighted by molar-refractivity contribution is 6.30. The first-order chi connectivity index (χ1) is 7.49. The summed E-state index contributed by atoms with van der Waals surface area (Å²) in [6, 6.07) is 6.40. The molecule has 0 saturated carbocycles. The average molecular weight is 244 g/mol. The number of rotatable bonds is 5. The summed E-state index contributed by atoms with van der Waals surface area (Å²) in [7, 11) is 0. The van der Waals surface area contributed by atoms with Gasteiger partial charge in [0.1, 0.15) is 0 Å². The predicted molar refractivity (Wildman–Crippen MR) is 58.3 cm³/mol. The number of nitrogens with zero attached hydrogens (tertiary/aromatic N) is 1. The number of aliphatic carboxylic acids is 1. The molecule has 16 heavy (non-hydrogen) atoms. The smallest absolute Gasteiger partial charge is 0.304 e. The number of halogens is 1. The van der Waals surface area contributed by atoms with Crippen LogP contribution in [-0.2, 0) is 4.79 Å². The van der Waals surface area contributed by atoms with Crippen molar-refractivity contribution in [3.63, 3.8) is 0 Å². The quantitative estimate of drug-likeness (QED) is 0.635. The summed E-state index contributed by atoms with van der Waals surface area (Å²) in [5.74, 6) is -1.67. The van der Waals surface area contributed by atoms with Crippen molar-refractivity contribution < 1.29 is 14.8 Å². The highest BCUT2D eigenvalue weighted by Gasteiger charge is 2.20. The number of carbonyl (C=O) groups is 1. The van der Waals surface area contributed by atoms with Gasteiger partial charge in [-0.25, -0.2) is 0 Å². The first-order valence-corrected chi connectivity index (χ1v) is 4.96. The summed E-state index contributed by atoms with van der Waals surface area (Å²) in [6.45, 7) is -0.395. The minimum absolute atomic E-state index is 0.261. The molecule has 5 nitrogen and oxygen atoms in total. The third-order valence-electron chi connectivity index (χ3n) is 2.13. The maximum Gasteiger partial charge on any atom is 0.304 e. The lowest BCUT2D eigenvalue weighted by molar-refractivity contribution is -0.483. The van der Waals surface area contributed by atoms with Crippen molar-refractivity contribution in [3.8, 4) is 0 Å². The summed E-state index contributed by atoms with van der Waals surface area (Å²) in [5, 5.41) is 19.6. The highest BCUT2D eigenvalue weighted by Crippen LogP contribution is 2.21. The molecule has 0 spiro atoms. The number of benzene rings is 1.